The predicted molar refractivity (Wildman–Crippen MR) is 92.0 cm³/mol. The highest BCUT2D eigenvalue weighted by molar-refractivity contribution is 9.10. The van der Waals surface area contributed by atoms with Crippen molar-refractivity contribution in [2.24, 2.45) is 5.73 Å². The van der Waals surface area contributed by atoms with Crippen molar-refractivity contribution in [3.8, 4) is 5.75 Å². The first-order valence-electron chi connectivity index (χ1n) is 6.95. The van der Waals surface area contributed by atoms with Gasteiger partial charge in [0.2, 0.25) is 0 Å². The predicted octanol–water partition coefficient (Wildman–Crippen LogP) is 5.27. The first-order valence-corrected chi connectivity index (χ1v) is 8.12. The van der Waals surface area contributed by atoms with Crippen LogP contribution in [0.25, 0.3) is 0 Å². The zero-order valence-electron chi connectivity index (χ0n) is 12.1. The average molecular weight is 369 g/mol. The molecule has 0 fully saturated rings. The van der Waals surface area contributed by atoms with Gasteiger partial charge in [0.15, 0.2) is 0 Å². The van der Waals surface area contributed by atoms with E-state index in [2.05, 4.69) is 15.9 Å². The van der Waals surface area contributed by atoms with Gasteiger partial charge >= 0.3 is 0 Å². The van der Waals surface area contributed by atoms with Crippen LogP contribution < -0.4 is 10.5 Å². The largest absolute Gasteiger partial charge is 0.484 e. The van der Waals surface area contributed by atoms with Gasteiger partial charge in [-0.2, -0.15) is 0 Å². The maximum atomic E-state index is 6.31. The van der Waals surface area contributed by atoms with Gasteiger partial charge in [0, 0.05) is 21.1 Å². The molecule has 0 radical (unpaired) electrons. The summed E-state index contributed by atoms with van der Waals surface area (Å²) >= 11 is 9.77. The lowest BCUT2D eigenvalue weighted by molar-refractivity contribution is 0.170. The second-order valence-electron chi connectivity index (χ2n) is 5.04. The normalized spacial score (nSPS) is 13.8. The van der Waals surface area contributed by atoms with Crippen LogP contribution in [0.5, 0.6) is 5.75 Å². The van der Waals surface area contributed by atoms with Crippen molar-refractivity contribution in [1.29, 1.82) is 0 Å². The van der Waals surface area contributed by atoms with Crippen LogP contribution >= 0.6 is 27.5 Å². The number of halogens is 2. The molecule has 0 aliphatic carbocycles. The van der Waals surface area contributed by atoms with Crippen LogP contribution in [0.3, 0.4) is 0 Å². The third kappa shape index (κ3) is 4.00. The summed E-state index contributed by atoms with van der Waals surface area (Å²) in [5.74, 6) is 0.826. The van der Waals surface area contributed by atoms with Crippen molar-refractivity contribution in [2.45, 2.75) is 32.4 Å². The Balaban J connectivity index is 2.35. The lowest BCUT2D eigenvalue weighted by Gasteiger charge is -2.26. The Morgan fingerprint density at radius 2 is 1.95 bits per heavy atom. The molecule has 0 aliphatic rings. The van der Waals surface area contributed by atoms with Crippen molar-refractivity contribution >= 4 is 27.5 Å². The number of nitrogens with two attached hydrogens (primary N) is 1. The van der Waals surface area contributed by atoms with Crippen LogP contribution in [0, 0.1) is 6.92 Å². The molecular weight excluding hydrogens is 350 g/mol. The first kappa shape index (κ1) is 16.3. The molecule has 0 saturated carbocycles. The lowest BCUT2D eigenvalue weighted by Crippen LogP contribution is -2.31. The van der Waals surface area contributed by atoms with Crippen LogP contribution in [0.4, 0.5) is 0 Å². The summed E-state index contributed by atoms with van der Waals surface area (Å²) in [6.07, 6.45) is 0.550. The summed E-state index contributed by atoms with van der Waals surface area (Å²) in [7, 11) is 0. The van der Waals surface area contributed by atoms with Gasteiger partial charge in [-0.3, -0.25) is 0 Å². The molecule has 4 heteroatoms. The molecule has 2 nitrogen and oxygen atoms in total. The van der Waals surface area contributed by atoms with Crippen LogP contribution in [0.2, 0.25) is 5.02 Å². The van der Waals surface area contributed by atoms with Gasteiger partial charge in [-0.05, 0) is 43.2 Å². The lowest BCUT2D eigenvalue weighted by atomic mass is 10.0. The molecule has 0 spiro atoms. The van der Waals surface area contributed by atoms with E-state index in [4.69, 9.17) is 22.1 Å². The standard InChI is InChI=1S/C17H19BrClNO/c1-3-15(20)17(13-6-4-5-7-14(13)19)21-16-9-8-12(18)10-11(16)2/h4-10,15,17H,3,20H2,1-2H3. The van der Waals surface area contributed by atoms with Crippen molar-refractivity contribution in [3.05, 3.63) is 63.1 Å². The highest BCUT2D eigenvalue weighted by Gasteiger charge is 2.23. The summed E-state index contributed by atoms with van der Waals surface area (Å²) in [5, 5.41) is 0.682. The number of aryl methyl sites for hydroxylation is 1. The Labute approximate surface area is 139 Å². The van der Waals surface area contributed by atoms with Gasteiger partial charge in [0.25, 0.3) is 0 Å². The zero-order valence-corrected chi connectivity index (χ0v) is 14.5. The van der Waals surface area contributed by atoms with E-state index in [-0.39, 0.29) is 12.1 Å². The molecule has 0 bridgehead atoms. The number of ether oxygens (including phenoxy) is 1. The maximum Gasteiger partial charge on any atom is 0.140 e. The van der Waals surface area contributed by atoms with Gasteiger partial charge in [0.05, 0.1) is 0 Å². The van der Waals surface area contributed by atoms with E-state index in [1.165, 1.54) is 0 Å². The van der Waals surface area contributed by atoms with E-state index in [0.29, 0.717) is 5.02 Å². The molecule has 2 rings (SSSR count). The Morgan fingerprint density at radius 3 is 2.57 bits per heavy atom. The highest BCUT2D eigenvalue weighted by atomic mass is 79.9. The van der Waals surface area contributed by atoms with Crippen LogP contribution in [0.1, 0.15) is 30.6 Å². The van der Waals surface area contributed by atoms with Gasteiger partial charge < -0.3 is 10.5 Å². The molecule has 2 aromatic carbocycles. The fourth-order valence-corrected chi connectivity index (χ4v) is 2.90. The fraction of sp³-hybridized carbons (Fsp3) is 0.294. The molecule has 0 heterocycles. The Hall–Kier alpha value is -1.03. The molecule has 2 aromatic rings. The smallest absolute Gasteiger partial charge is 0.140 e. The zero-order chi connectivity index (χ0) is 15.4. The minimum atomic E-state index is -0.261. The third-order valence-electron chi connectivity index (χ3n) is 3.46. The minimum absolute atomic E-state index is 0.118. The van der Waals surface area contributed by atoms with Crippen molar-refractivity contribution in [1.82, 2.24) is 0 Å². The second kappa shape index (κ2) is 7.30. The number of hydrogen-bond acceptors (Lipinski definition) is 2. The molecule has 21 heavy (non-hydrogen) atoms. The number of hydrogen-bond donors (Lipinski definition) is 1. The molecule has 2 N–H and O–H groups in total. The quantitative estimate of drug-likeness (QED) is 0.780. The van der Waals surface area contributed by atoms with E-state index in [9.17, 15) is 0 Å². The monoisotopic (exact) mass is 367 g/mol. The van der Waals surface area contributed by atoms with Gasteiger partial charge in [-0.1, -0.05) is 52.7 Å². The van der Waals surface area contributed by atoms with Gasteiger partial charge in [-0.15, -0.1) is 0 Å². The molecule has 0 aromatic heterocycles. The van der Waals surface area contributed by atoms with E-state index in [0.717, 1.165) is 27.8 Å². The van der Waals surface area contributed by atoms with E-state index < -0.39 is 0 Å². The maximum absolute atomic E-state index is 6.31. The van der Waals surface area contributed by atoms with Crippen molar-refractivity contribution in [2.75, 3.05) is 0 Å². The summed E-state index contributed by atoms with van der Waals surface area (Å²) in [4.78, 5) is 0. The summed E-state index contributed by atoms with van der Waals surface area (Å²) < 4.78 is 7.22. The molecule has 0 amide bonds. The fourth-order valence-electron chi connectivity index (χ4n) is 2.18. The van der Waals surface area contributed by atoms with Crippen molar-refractivity contribution in [3.63, 3.8) is 0 Å². The second-order valence-corrected chi connectivity index (χ2v) is 6.36. The van der Waals surface area contributed by atoms with Crippen molar-refractivity contribution < 1.29 is 4.74 Å². The summed E-state index contributed by atoms with van der Waals surface area (Å²) in [5.41, 5.74) is 8.24. The molecular formula is C17H19BrClNO. The van der Waals surface area contributed by atoms with E-state index >= 15 is 0 Å². The SMILES string of the molecule is CCC(N)C(Oc1ccc(Br)cc1C)c1ccccc1Cl. The molecule has 0 saturated heterocycles. The minimum Gasteiger partial charge on any atom is -0.484 e. The van der Waals surface area contributed by atoms with Crippen LogP contribution in [0.15, 0.2) is 46.9 Å². The van der Waals surface area contributed by atoms with Gasteiger partial charge in [0.1, 0.15) is 11.9 Å². The summed E-state index contributed by atoms with van der Waals surface area (Å²) in [6, 6.07) is 13.5. The van der Waals surface area contributed by atoms with E-state index in [1.54, 1.807) is 0 Å². The topological polar surface area (TPSA) is 35.2 Å². The van der Waals surface area contributed by atoms with Crippen LogP contribution in [-0.4, -0.2) is 6.04 Å². The number of rotatable bonds is 5. The number of benzene rings is 2. The Kier molecular flexibility index (Phi) is 5.68. The Bertz CT molecular complexity index is 617. The highest BCUT2D eigenvalue weighted by Crippen LogP contribution is 2.32. The summed E-state index contributed by atoms with van der Waals surface area (Å²) in [6.45, 7) is 4.06. The Morgan fingerprint density at radius 1 is 1.24 bits per heavy atom. The van der Waals surface area contributed by atoms with Gasteiger partial charge in [-0.25, -0.2) is 0 Å². The molecule has 2 unspecified atom stereocenters. The van der Waals surface area contributed by atoms with Crippen LogP contribution in [-0.2, 0) is 0 Å². The first-order chi connectivity index (χ1) is 10.0. The van der Waals surface area contributed by atoms with E-state index in [1.807, 2.05) is 56.3 Å². The molecule has 112 valence electrons. The average Bonchev–Trinajstić information content (AvgIpc) is 2.47. The molecule has 2 atom stereocenters. The third-order valence-corrected chi connectivity index (χ3v) is 4.30. The molecule has 0 aliphatic heterocycles.